The van der Waals surface area contributed by atoms with E-state index in [1.54, 1.807) is 0 Å². The second-order valence-electron chi connectivity index (χ2n) is 6.08. The van der Waals surface area contributed by atoms with Crippen molar-refractivity contribution in [3.8, 4) is 0 Å². The van der Waals surface area contributed by atoms with Gasteiger partial charge in [-0.2, -0.15) is 0 Å². The number of fused-ring (bicyclic) bond motifs is 5. The van der Waals surface area contributed by atoms with Crippen LogP contribution in [0.1, 0.15) is 13.8 Å². The largest absolute Gasteiger partial charge is 0.356 e. The fraction of sp³-hybridized carbons (Fsp3) is 0.600. The number of carbonyl (C=O) groups is 2. The normalized spacial score (nSPS) is 38.1. The zero-order valence-corrected chi connectivity index (χ0v) is 11.5. The highest BCUT2D eigenvalue weighted by molar-refractivity contribution is 6.07. The van der Waals surface area contributed by atoms with E-state index in [1.165, 1.54) is 10.5 Å². The van der Waals surface area contributed by atoms with Gasteiger partial charge >= 0.3 is 0 Å². The fourth-order valence-corrected chi connectivity index (χ4v) is 3.85. The molecule has 0 aromatic carbocycles. The first-order valence-corrected chi connectivity index (χ1v) is 7.10. The molecule has 1 heterocycles. The van der Waals surface area contributed by atoms with Gasteiger partial charge in [-0.15, -0.1) is 0 Å². The first kappa shape index (κ1) is 12.6. The molecule has 2 fully saturated rings. The maximum Gasteiger partial charge on any atom is 0.234 e. The molecule has 1 saturated heterocycles. The molecule has 2 amide bonds. The SMILES string of the molecule is CC(C)C=C1C2C=CC1[C@@H]1C(=O)N(CC[NH3+])C(=O)[C@H]21. The van der Waals surface area contributed by atoms with Crippen molar-refractivity contribution < 1.29 is 15.3 Å². The van der Waals surface area contributed by atoms with E-state index in [1.807, 2.05) is 0 Å². The van der Waals surface area contributed by atoms with Gasteiger partial charge in [-0.05, 0) is 5.92 Å². The van der Waals surface area contributed by atoms with Crippen molar-refractivity contribution in [2.75, 3.05) is 13.1 Å². The molecule has 2 bridgehead atoms. The third-order valence-corrected chi connectivity index (χ3v) is 4.47. The lowest BCUT2D eigenvalue weighted by atomic mass is 9.85. The first-order chi connectivity index (χ1) is 9.06. The van der Waals surface area contributed by atoms with Crippen molar-refractivity contribution in [1.82, 2.24) is 4.90 Å². The molecule has 0 aromatic heterocycles. The van der Waals surface area contributed by atoms with Gasteiger partial charge in [0.1, 0.15) is 0 Å². The molecule has 3 N–H and O–H groups in total. The Labute approximate surface area is 113 Å². The summed E-state index contributed by atoms with van der Waals surface area (Å²) in [6.07, 6.45) is 6.48. The second-order valence-corrected chi connectivity index (χ2v) is 6.08. The van der Waals surface area contributed by atoms with Crippen LogP contribution in [0.15, 0.2) is 23.8 Å². The molecule has 0 spiro atoms. The second kappa shape index (κ2) is 4.30. The summed E-state index contributed by atoms with van der Waals surface area (Å²) in [7, 11) is 0. The van der Waals surface area contributed by atoms with Crippen LogP contribution >= 0.6 is 0 Å². The molecule has 3 aliphatic rings. The fourth-order valence-electron chi connectivity index (χ4n) is 3.85. The molecule has 1 aliphatic heterocycles. The van der Waals surface area contributed by atoms with Crippen molar-refractivity contribution in [3.05, 3.63) is 23.8 Å². The monoisotopic (exact) mass is 261 g/mol. The summed E-state index contributed by atoms with van der Waals surface area (Å²) in [5.74, 6) is 0.528. The number of allylic oxidation sites excluding steroid dienone is 4. The Hall–Kier alpha value is -1.42. The number of hydrogen-bond donors (Lipinski definition) is 1. The number of hydrogen-bond acceptors (Lipinski definition) is 2. The molecule has 3 rings (SSSR count). The zero-order chi connectivity index (χ0) is 13.7. The Morgan fingerprint density at radius 2 is 1.74 bits per heavy atom. The minimum atomic E-state index is -0.140. The highest BCUT2D eigenvalue weighted by Crippen LogP contribution is 2.55. The predicted octanol–water partition coefficient (Wildman–Crippen LogP) is 0.228. The predicted molar refractivity (Wildman–Crippen MR) is 70.5 cm³/mol. The van der Waals surface area contributed by atoms with Crippen molar-refractivity contribution in [2.45, 2.75) is 13.8 Å². The van der Waals surface area contributed by atoms with Crippen LogP contribution in [0.3, 0.4) is 0 Å². The van der Waals surface area contributed by atoms with Crippen molar-refractivity contribution in [2.24, 2.45) is 29.6 Å². The molecule has 4 nitrogen and oxygen atoms in total. The van der Waals surface area contributed by atoms with Gasteiger partial charge in [0.15, 0.2) is 0 Å². The molecule has 4 atom stereocenters. The molecule has 19 heavy (non-hydrogen) atoms. The quantitative estimate of drug-likeness (QED) is 0.584. The molecule has 0 aromatic rings. The lowest BCUT2D eigenvalue weighted by Gasteiger charge is -2.17. The van der Waals surface area contributed by atoms with E-state index in [-0.39, 0.29) is 35.5 Å². The van der Waals surface area contributed by atoms with Gasteiger partial charge in [-0.3, -0.25) is 14.5 Å². The van der Waals surface area contributed by atoms with Gasteiger partial charge in [0.25, 0.3) is 0 Å². The summed E-state index contributed by atoms with van der Waals surface area (Å²) in [4.78, 5) is 26.3. The van der Waals surface area contributed by atoms with Crippen molar-refractivity contribution in [1.29, 1.82) is 0 Å². The Morgan fingerprint density at radius 3 is 2.16 bits per heavy atom. The standard InChI is InChI=1S/C15H20N2O2/c1-8(2)7-11-9-3-4-10(11)13-12(9)14(18)17(6-5-16)15(13)19/h3-4,7-10,12-13H,5-6,16H2,1-2H3/p+1/t9?,10?,12-,13+. The lowest BCUT2D eigenvalue weighted by Crippen LogP contribution is -2.56. The molecule has 1 saturated carbocycles. The molecule has 4 heteroatoms. The Bertz CT molecular complexity index is 458. The van der Waals surface area contributed by atoms with E-state index in [0.717, 1.165) is 0 Å². The number of imide groups is 1. The molecular weight excluding hydrogens is 240 g/mol. The summed E-state index contributed by atoms with van der Waals surface area (Å²) in [6.45, 7) is 5.33. The summed E-state index contributed by atoms with van der Waals surface area (Å²) in [5.41, 5.74) is 5.04. The van der Waals surface area contributed by atoms with Gasteiger partial charge in [0, 0.05) is 11.8 Å². The highest BCUT2D eigenvalue weighted by Gasteiger charge is 2.61. The maximum atomic E-state index is 12.4. The average molecular weight is 261 g/mol. The van der Waals surface area contributed by atoms with Gasteiger partial charge in [0.2, 0.25) is 11.8 Å². The van der Waals surface area contributed by atoms with E-state index < -0.39 is 0 Å². The summed E-state index contributed by atoms with van der Waals surface area (Å²) < 4.78 is 0. The van der Waals surface area contributed by atoms with Crippen LogP contribution in [0.2, 0.25) is 0 Å². The smallest absolute Gasteiger partial charge is 0.234 e. The van der Waals surface area contributed by atoms with Gasteiger partial charge in [0.05, 0.1) is 24.9 Å². The minimum absolute atomic E-state index is 0.0187. The number of likely N-dealkylation sites (tertiary alicyclic amines) is 1. The van der Waals surface area contributed by atoms with E-state index in [2.05, 4.69) is 37.8 Å². The zero-order valence-electron chi connectivity index (χ0n) is 11.5. The Morgan fingerprint density at radius 1 is 1.21 bits per heavy atom. The van der Waals surface area contributed by atoms with Crippen LogP contribution in [-0.4, -0.2) is 29.8 Å². The number of quaternary nitrogens is 1. The van der Waals surface area contributed by atoms with Crippen LogP contribution in [0.4, 0.5) is 0 Å². The molecule has 2 aliphatic carbocycles. The third-order valence-electron chi connectivity index (χ3n) is 4.47. The van der Waals surface area contributed by atoms with Crippen LogP contribution < -0.4 is 5.73 Å². The van der Waals surface area contributed by atoms with Gasteiger partial charge in [-0.1, -0.05) is 37.6 Å². The molecule has 102 valence electrons. The number of nitrogens with zero attached hydrogens (tertiary/aromatic N) is 1. The number of rotatable bonds is 3. The minimum Gasteiger partial charge on any atom is -0.356 e. The van der Waals surface area contributed by atoms with E-state index >= 15 is 0 Å². The summed E-state index contributed by atoms with van der Waals surface area (Å²) in [6, 6.07) is 0. The maximum absolute atomic E-state index is 12.4. The van der Waals surface area contributed by atoms with E-state index in [0.29, 0.717) is 19.0 Å². The van der Waals surface area contributed by atoms with Gasteiger partial charge in [-0.25, -0.2) is 0 Å². The van der Waals surface area contributed by atoms with E-state index in [9.17, 15) is 9.59 Å². The third kappa shape index (κ3) is 1.62. The van der Waals surface area contributed by atoms with Crippen LogP contribution in [0, 0.1) is 29.6 Å². The first-order valence-electron chi connectivity index (χ1n) is 7.10. The Balaban J connectivity index is 1.95. The van der Waals surface area contributed by atoms with Crippen LogP contribution in [-0.2, 0) is 9.59 Å². The molecule has 2 unspecified atom stereocenters. The topological polar surface area (TPSA) is 65.0 Å². The average Bonchev–Trinajstić information content (AvgIpc) is 2.95. The number of amides is 2. The van der Waals surface area contributed by atoms with Crippen molar-refractivity contribution >= 4 is 11.8 Å². The highest BCUT2D eigenvalue weighted by atomic mass is 16.2. The van der Waals surface area contributed by atoms with Crippen molar-refractivity contribution in [3.63, 3.8) is 0 Å². The molecular formula is C15H21N2O2+. The van der Waals surface area contributed by atoms with Gasteiger partial charge < -0.3 is 5.73 Å². The summed E-state index contributed by atoms with van der Waals surface area (Å²) in [5, 5.41) is 0. The molecule has 0 radical (unpaired) electrons. The van der Waals surface area contributed by atoms with Crippen LogP contribution in [0.25, 0.3) is 0 Å². The summed E-state index contributed by atoms with van der Waals surface area (Å²) >= 11 is 0. The Kier molecular flexibility index (Phi) is 2.86. The van der Waals surface area contributed by atoms with E-state index in [4.69, 9.17) is 0 Å². The lowest BCUT2D eigenvalue weighted by molar-refractivity contribution is -0.367. The van der Waals surface area contributed by atoms with Crippen LogP contribution in [0.5, 0.6) is 0 Å². The number of carbonyl (C=O) groups excluding carboxylic acids is 2.